The fourth-order valence-electron chi connectivity index (χ4n) is 3.37. The molecule has 0 aliphatic heterocycles. The highest BCUT2D eigenvalue weighted by Gasteiger charge is 2.23. The SMILES string of the molecule is Cc1c(Cl)ccc2sc(N(Cc3ccccn3)C(=O)Cn3nnc4ccccc43)nc12. The second kappa shape index (κ2) is 8.05. The molecule has 0 saturated carbocycles. The van der Waals surface area contributed by atoms with Crippen LogP contribution in [0, 0.1) is 6.92 Å². The van der Waals surface area contributed by atoms with Crippen molar-refractivity contribution in [3.63, 3.8) is 0 Å². The van der Waals surface area contributed by atoms with Crippen LogP contribution in [0.2, 0.25) is 5.02 Å². The van der Waals surface area contributed by atoms with Crippen molar-refractivity contribution in [1.82, 2.24) is 25.0 Å². The number of rotatable bonds is 5. The zero-order valence-corrected chi connectivity index (χ0v) is 18.1. The molecule has 0 radical (unpaired) electrons. The number of nitrogens with zero attached hydrogens (tertiary/aromatic N) is 6. The van der Waals surface area contributed by atoms with Gasteiger partial charge in [0, 0.05) is 11.2 Å². The maximum Gasteiger partial charge on any atom is 0.250 e. The number of hydrogen-bond donors (Lipinski definition) is 0. The summed E-state index contributed by atoms with van der Waals surface area (Å²) in [5, 5.41) is 9.55. The minimum absolute atomic E-state index is 0.0447. The Morgan fingerprint density at radius 2 is 1.97 bits per heavy atom. The first kappa shape index (κ1) is 19.6. The van der Waals surface area contributed by atoms with Gasteiger partial charge in [-0.1, -0.05) is 46.4 Å². The molecular formula is C22H17ClN6OS. The minimum atomic E-state index is -0.149. The van der Waals surface area contributed by atoms with E-state index in [1.165, 1.54) is 11.3 Å². The summed E-state index contributed by atoms with van der Waals surface area (Å²) in [6.45, 7) is 2.28. The Bertz CT molecular complexity index is 1400. The van der Waals surface area contributed by atoms with Crippen LogP contribution in [0.5, 0.6) is 0 Å². The van der Waals surface area contributed by atoms with Gasteiger partial charge in [0.15, 0.2) is 5.13 Å². The summed E-state index contributed by atoms with van der Waals surface area (Å²) in [5.41, 5.74) is 4.03. The van der Waals surface area contributed by atoms with E-state index >= 15 is 0 Å². The summed E-state index contributed by atoms with van der Waals surface area (Å²) >= 11 is 7.73. The van der Waals surface area contributed by atoms with E-state index in [-0.39, 0.29) is 12.5 Å². The molecule has 0 bridgehead atoms. The molecule has 1 amide bonds. The highest BCUT2D eigenvalue weighted by molar-refractivity contribution is 7.22. The van der Waals surface area contributed by atoms with Crippen LogP contribution in [0.3, 0.4) is 0 Å². The first-order valence-electron chi connectivity index (χ1n) is 9.64. The number of para-hydroxylation sites is 1. The number of thiazole rings is 1. The Labute approximate surface area is 186 Å². The van der Waals surface area contributed by atoms with Crippen LogP contribution in [0.25, 0.3) is 21.3 Å². The number of aromatic nitrogens is 5. The summed E-state index contributed by atoms with van der Waals surface area (Å²) in [7, 11) is 0. The molecule has 0 unspecified atom stereocenters. The Balaban J connectivity index is 1.54. The third-order valence-electron chi connectivity index (χ3n) is 5.02. The fraction of sp³-hybridized carbons (Fsp3) is 0.136. The molecule has 3 heterocycles. The Kier molecular flexibility index (Phi) is 5.09. The van der Waals surface area contributed by atoms with Gasteiger partial charge >= 0.3 is 0 Å². The van der Waals surface area contributed by atoms with Crippen LogP contribution in [0.4, 0.5) is 5.13 Å². The van der Waals surface area contributed by atoms with Gasteiger partial charge in [-0.3, -0.25) is 14.7 Å². The molecule has 2 aromatic carbocycles. The van der Waals surface area contributed by atoms with Crippen molar-refractivity contribution < 1.29 is 4.79 Å². The second-order valence-electron chi connectivity index (χ2n) is 7.05. The third-order valence-corrected chi connectivity index (χ3v) is 6.47. The van der Waals surface area contributed by atoms with E-state index in [0.717, 1.165) is 32.5 Å². The summed E-state index contributed by atoms with van der Waals surface area (Å²) in [6.07, 6.45) is 1.71. The molecule has 5 aromatic rings. The molecule has 0 N–H and O–H groups in total. The fourth-order valence-corrected chi connectivity index (χ4v) is 4.56. The van der Waals surface area contributed by atoms with Gasteiger partial charge in [0.1, 0.15) is 12.1 Å². The second-order valence-corrected chi connectivity index (χ2v) is 8.47. The number of benzene rings is 2. The Morgan fingerprint density at radius 3 is 2.81 bits per heavy atom. The van der Waals surface area contributed by atoms with E-state index in [2.05, 4.69) is 15.3 Å². The molecule has 0 spiro atoms. The largest absolute Gasteiger partial charge is 0.280 e. The minimum Gasteiger partial charge on any atom is -0.280 e. The number of carbonyl (C=O) groups is 1. The monoisotopic (exact) mass is 448 g/mol. The van der Waals surface area contributed by atoms with E-state index in [4.69, 9.17) is 16.6 Å². The third kappa shape index (κ3) is 3.75. The van der Waals surface area contributed by atoms with Crippen molar-refractivity contribution in [2.45, 2.75) is 20.0 Å². The smallest absolute Gasteiger partial charge is 0.250 e. The molecule has 3 aromatic heterocycles. The van der Waals surface area contributed by atoms with Gasteiger partial charge in [-0.25, -0.2) is 9.67 Å². The van der Waals surface area contributed by atoms with Crippen molar-refractivity contribution in [1.29, 1.82) is 0 Å². The Morgan fingerprint density at radius 1 is 1.13 bits per heavy atom. The van der Waals surface area contributed by atoms with E-state index in [1.54, 1.807) is 15.8 Å². The lowest BCUT2D eigenvalue weighted by atomic mass is 10.2. The normalized spacial score (nSPS) is 11.3. The molecule has 5 rings (SSSR count). The number of halogens is 1. The van der Waals surface area contributed by atoms with E-state index in [0.29, 0.717) is 16.7 Å². The predicted octanol–water partition coefficient (Wildman–Crippen LogP) is 4.63. The van der Waals surface area contributed by atoms with E-state index in [1.807, 2.05) is 61.5 Å². The highest BCUT2D eigenvalue weighted by atomic mass is 35.5. The number of carbonyl (C=O) groups excluding carboxylic acids is 1. The molecular weight excluding hydrogens is 432 g/mol. The number of amides is 1. The Hall–Kier alpha value is -3.36. The molecule has 7 nitrogen and oxygen atoms in total. The van der Waals surface area contributed by atoms with Crippen LogP contribution in [0.1, 0.15) is 11.3 Å². The predicted molar refractivity (Wildman–Crippen MR) is 122 cm³/mol. The van der Waals surface area contributed by atoms with E-state index < -0.39 is 0 Å². The van der Waals surface area contributed by atoms with Gasteiger partial charge in [-0.15, -0.1) is 5.10 Å². The summed E-state index contributed by atoms with van der Waals surface area (Å²) < 4.78 is 2.58. The molecule has 154 valence electrons. The molecule has 9 heteroatoms. The van der Waals surface area contributed by atoms with Crippen molar-refractivity contribution in [3.8, 4) is 0 Å². The summed E-state index contributed by atoms with van der Waals surface area (Å²) in [6, 6.07) is 17.0. The van der Waals surface area contributed by atoms with Crippen LogP contribution in [0.15, 0.2) is 60.8 Å². The summed E-state index contributed by atoms with van der Waals surface area (Å²) in [5.74, 6) is -0.149. The average Bonchev–Trinajstić information content (AvgIpc) is 3.40. The number of hydrogen-bond acceptors (Lipinski definition) is 6. The standard InChI is InChI=1S/C22H17ClN6OS/c1-14-16(23)9-10-19-21(14)25-22(31-19)28(12-15-6-4-5-11-24-15)20(30)13-29-18-8-3-2-7-17(18)26-27-29/h2-11H,12-13H2,1H3. The molecule has 0 aliphatic rings. The highest BCUT2D eigenvalue weighted by Crippen LogP contribution is 2.34. The number of aryl methyl sites for hydroxylation is 1. The zero-order valence-electron chi connectivity index (χ0n) is 16.6. The van der Waals surface area contributed by atoms with Gasteiger partial charge in [0.05, 0.1) is 28.0 Å². The molecule has 0 saturated heterocycles. The zero-order chi connectivity index (χ0) is 21.4. The van der Waals surface area contributed by atoms with Gasteiger partial charge in [0.25, 0.3) is 5.91 Å². The molecule has 0 aliphatic carbocycles. The van der Waals surface area contributed by atoms with Crippen molar-refractivity contribution in [2.75, 3.05) is 4.90 Å². The first-order valence-corrected chi connectivity index (χ1v) is 10.8. The van der Waals surface area contributed by atoms with Crippen LogP contribution < -0.4 is 4.90 Å². The summed E-state index contributed by atoms with van der Waals surface area (Å²) in [4.78, 5) is 24.2. The number of fused-ring (bicyclic) bond motifs is 2. The van der Waals surface area contributed by atoms with Gasteiger partial charge in [-0.2, -0.15) is 0 Å². The lowest BCUT2D eigenvalue weighted by Crippen LogP contribution is -2.34. The van der Waals surface area contributed by atoms with Gasteiger partial charge in [0.2, 0.25) is 0 Å². The maximum absolute atomic E-state index is 13.4. The lowest BCUT2D eigenvalue weighted by Gasteiger charge is -2.19. The molecule has 31 heavy (non-hydrogen) atoms. The number of anilines is 1. The van der Waals surface area contributed by atoms with E-state index in [9.17, 15) is 4.79 Å². The molecule has 0 atom stereocenters. The maximum atomic E-state index is 13.4. The van der Waals surface area contributed by atoms with Crippen molar-refractivity contribution in [2.24, 2.45) is 0 Å². The van der Waals surface area contributed by atoms with Crippen LogP contribution in [-0.2, 0) is 17.9 Å². The van der Waals surface area contributed by atoms with Crippen LogP contribution in [-0.4, -0.2) is 30.9 Å². The van der Waals surface area contributed by atoms with Crippen molar-refractivity contribution >= 4 is 55.2 Å². The van der Waals surface area contributed by atoms with Crippen LogP contribution >= 0.6 is 22.9 Å². The topological polar surface area (TPSA) is 76.8 Å². The molecule has 0 fully saturated rings. The quantitative estimate of drug-likeness (QED) is 0.391. The lowest BCUT2D eigenvalue weighted by molar-refractivity contribution is -0.119. The van der Waals surface area contributed by atoms with Crippen molar-refractivity contribution in [3.05, 3.63) is 77.1 Å². The van der Waals surface area contributed by atoms with Gasteiger partial charge < -0.3 is 0 Å². The average molecular weight is 449 g/mol. The van der Waals surface area contributed by atoms with Gasteiger partial charge in [-0.05, 0) is 48.9 Å². The first-order chi connectivity index (χ1) is 15.1. The number of pyridine rings is 1.